The molecular weight excluding hydrogens is 240 g/mol. The largest absolute Gasteiger partial charge is 0.312 e. The van der Waals surface area contributed by atoms with Crippen LogP contribution in [0.3, 0.4) is 0 Å². The summed E-state index contributed by atoms with van der Waals surface area (Å²) < 4.78 is 0. The molecule has 3 heteroatoms. The molecule has 0 aromatic carbocycles. The van der Waals surface area contributed by atoms with Crippen LogP contribution in [0, 0.1) is 5.41 Å². The zero-order valence-corrected chi connectivity index (χ0v) is 12.8. The van der Waals surface area contributed by atoms with Gasteiger partial charge in [0.2, 0.25) is 0 Å². The molecule has 1 N–H and O–H groups in total. The molecule has 102 valence electrons. The molecule has 0 atom stereocenters. The van der Waals surface area contributed by atoms with E-state index < -0.39 is 0 Å². The lowest BCUT2D eigenvalue weighted by Crippen LogP contribution is -2.45. The summed E-state index contributed by atoms with van der Waals surface area (Å²) in [4.78, 5) is 5.68. The van der Waals surface area contributed by atoms with Gasteiger partial charge in [0.1, 0.15) is 0 Å². The average Bonchev–Trinajstić information content (AvgIpc) is 2.80. The van der Waals surface area contributed by atoms with E-state index in [1.807, 2.05) is 16.8 Å². The van der Waals surface area contributed by atoms with Gasteiger partial charge in [-0.05, 0) is 45.4 Å². The molecule has 0 spiro atoms. The Morgan fingerprint density at radius 3 is 2.56 bits per heavy atom. The summed E-state index contributed by atoms with van der Waals surface area (Å²) in [6.07, 6.45) is 10.2. The fraction of sp³-hybridized carbons (Fsp3) is 0.800. The topological polar surface area (TPSA) is 24.9 Å². The van der Waals surface area contributed by atoms with Gasteiger partial charge in [0, 0.05) is 23.2 Å². The van der Waals surface area contributed by atoms with Crippen molar-refractivity contribution in [1.82, 2.24) is 10.3 Å². The second-order valence-corrected chi connectivity index (χ2v) is 7.78. The molecular formula is C15H26N2S. The summed E-state index contributed by atoms with van der Waals surface area (Å²) in [6, 6.07) is 0. The smallest absolute Gasteiger partial charge is 0.0794 e. The maximum atomic E-state index is 4.23. The molecule has 1 saturated carbocycles. The molecule has 1 heterocycles. The molecule has 1 aromatic heterocycles. The third kappa shape index (κ3) is 4.06. The van der Waals surface area contributed by atoms with Crippen molar-refractivity contribution in [3.05, 3.63) is 16.6 Å². The Labute approximate surface area is 115 Å². The summed E-state index contributed by atoms with van der Waals surface area (Å²) in [6.45, 7) is 7.93. The van der Waals surface area contributed by atoms with Crippen molar-refractivity contribution >= 4 is 11.3 Å². The number of thiazole rings is 1. The Morgan fingerprint density at radius 2 is 2.00 bits per heavy atom. The minimum atomic E-state index is 0.220. The third-order valence-corrected chi connectivity index (χ3v) is 4.72. The van der Waals surface area contributed by atoms with Crippen LogP contribution >= 0.6 is 11.3 Å². The molecule has 0 radical (unpaired) electrons. The van der Waals surface area contributed by atoms with Crippen LogP contribution in [0.25, 0.3) is 0 Å². The molecule has 1 aliphatic rings. The van der Waals surface area contributed by atoms with Crippen LogP contribution < -0.4 is 5.32 Å². The maximum absolute atomic E-state index is 4.23. The van der Waals surface area contributed by atoms with Gasteiger partial charge in [-0.1, -0.05) is 19.3 Å². The molecule has 18 heavy (non-hydrogen) atoms. The van der Waals surface area contributed by atoms with E-state index in [0.29, 0.717) is 5.41 Å². The Balaban J connectivity index is 2.02. The first-order valence-electron chi connectivity index (χ1n) is 7.12. The van der Waals surface area contributed by atoms with Gasteiger partial charge in [-0.15, -0.1) is 11.3 Å². The number of hydrogen-bond acceptors (Lipinski definition) is 3. The van der Waals surface area contributed by atoms with Crippen LogP contribution in [-0.2, 0) is 6.42 Å². The number of rotatable bonds is 4. The lowest BCUT2D eigenvalue weighted by Gasteiger charge is -2.39. The predicted molar refractivity (Wildman–Crippen MR) is 79.1 cm³/mol. The lowest BCUT2D eigenvalue weighted by atomic mass is 9.71. The molecule has 0 aliphatic heterocycles. The highest BCUT2D eigenvalue weighted by Crippen LogP contribution is 2.39. The monoisotopic (exact) mass is 266 g/mol. The van der Waals surface area contributed by atoms with Gasteiger partial charge in [0.15, 0.2) is 0 Å². The van der Waals surface area contributed by atoms with Gasteiger partial charge in [-0.2, -0.15) is 0 Å². The highest BCUT2D eigenvalue weighted by atomic mass is 32.1. The van der Waals surface area contributed by atoms with E-state index in [1.165, 1.54) is 43.4 Å². The van der Waals surface area contributed by atoms with Crippen LogP contribution in [0.1, 0.15) is 57.8 Å². The van der Waals surface area contributed by atoms with Crippen molar-refractivity contribution in [1.29, 1.82) is 0 Å². The molecule has 2 rings (SSSR count). The average molecular weight is 266 g/mol. The van der Waals surface area contributed by atoms with Crippen LogP contribution in [0.15, 0.2) is 11.7 Å². The van der Waals surface area contributed by atoms with Gasteiger partial charge in [-0.3, -0.25) is 4.98 Å². The summed E-state index contributed by atoms with van der Waals surface area (Å²) in [7, 11) is 0. The van der Waals surface area contributed by atoms with Crippen LogP contribution in [0.5, 0.6) is 0 Å². The number of nitrogens with zero attached hydrogens (tertiary/aromatic N) is 1. The van der Waals surface area contributed by atoms with Gasteiger partial charge >= 0.3 is 0 Å². The van der Waals surface area contributed by atoms with E-state index >= 15 is 0 Å². The van der Waals surface area contributed by atoms with Crippen LogP contribution in [0.2, 0.25) is 0 Å². The first kappa shape index (κ1) is 14.0. The standard InChI is InChI=1S/C15H26N2S/c1-14(2,3)17-11-15(7-5-4-6-8-15)9-13-10-16-12-18-13/h10,12,17H,4-9,11H2,1-3H3. The van der Waals surface area contributed by atoms with Gasteiger partial charge in [0.05, 0.1) is 5.51 Å². The Bertz CT molecular complexity index is 345. The third-order valence-electron chi connectivity index (χ3n) is 3.94. The highest BCUT2D eigenvalue weighted by Gasteiger charge is 2.33. The Kier molecular flexibility index (Phi) is 4.44. The van der Waals surface area contributed by atoms with Crippen molar-refractivity contribution < 1.29 is 0 Å². The summed E-state index contributed by atoms with van der Waals surface area (Å²) in [5, 5.41) is 3.73. The summed E-state index contributed by atoms with van der Waals surface area (Å²) >= 11 is 1.81. The van der Waals surface area contributed by atoms with Crippen LogP contribution in [-0.4, -0.2) is 17.1 Å². The fourth-order valence-corrected chi connectivity index (χ4v) is 3.64. The second-order valence-electron chi connectivity index (χ2n) is 6.81. The first-order valence-corrected chi connectivity index (χ1v) is 8.00. The van der Waals surface area contributed by atoms with E-state index in [2.05, 4.69) is 37.3 Å². The number of nitrogens with one attached hydrogen (secondary N) is 1. The van der Waals surface area contributed by atoms with Crippen LogP contribution in [0.4, 0.5) is 0 Å². The zero-order valence-electron chi connectivity index (χ0n) is 12.0. The van der Waals surface area contributed by atoms with E-state index in [1.54, 1.807) is 0 Å². The van der Waals surface area contributed by atoms with Crippen molar-refractivity contribution in [3.8, 4) is 0 Å². The molecule has 0 amide bonds. The second kappa shape index (κ2) is 5.70. The van der Waals surface area contributed by atoms with E-state index in [-0.39, 0.29) is 5.54 Å². The predicted octanol–water partition coefficient (Wildman–Crippen LogP) is 4.02. The molecule has 1 aliphatic carbocycles. The molecule has 1 aromatic rings. The summed E-state index contributed by atoms with van der Waals surface area (Å²) in [5.74, 6) is 0. The Hall–Kier alpha value is -0.410. The highest BCUT2D eigenvalue weighted by molar-refractivity contribution is 7.09. The van der Waals surface area contributed by atoms with Crippen molar-refractivity contribution in [2.24, 2.45) is 5.41 Å². The molecule has 0 saturated heterocycles. The van der Waals surface area contributed by atoms with Gasteiger partial charge in [-0.25, -0.2) is 0 Å². The van der Waals surface area contributed by atoms with Crippen molar-refractivity contribution in [3.63, 3.8) is 0 Å². The minimum absolute atomic E-state index is 0.220. The van der Waals surface area contributed by atoms with Gasteiger partial charge < -0.3 is 5.32 Å². The lowest BCUT2D eigenvalue weighted by molar-refractivity contribution is 0.166. The van der Waals surface area contributed by atoms with Crippen molar-refractivity contribution in [2.75, 3.05) is 6.54 Å². The quantitative estimate of drug-likeness (QED) is 0.890. The van der Waals surface area contributed by atoms with E-state index in [0.717, 1.165) is 6.54 Å². The first-order chi connectivity index (χ1) is 8.49. The minimum Gasteiger partial charge on any atom is -0.312 e. The molecule has 1 fully saturated rings. The SMILES string of the molecule is CC(C)(C)NCC1(Cc2cncs2)CCCCC1. The molecule has 0 unspecified atom stereocenters. The van der Waals surface area contributed by atoms with Gasteiger partial charge in [0.25, 0.3) is 0 Å². The van der Waals surface area contributed by atoms with Crippen molar-refractivity contribution in [2.45, 2.75) is 64.8 Å². The van der Waals surface area contributed by atoms with E-state index in [9.17, 15) is 0 Å². The molecule has 2 nitrogen and oxygen atoms in total. The summed E-state index contributed by atoms with van der Waals surface area (Å²) in [5.41, 5.74) is 2.65. The maximum Gasteiger partial charge on any atom is 0.0794 e. The molecule has 0 bridgehead atoms. The normalized spacial score (nSPS) is 19.9. The zero-order chi connectivity index (χ0) is 13.1. The Morgan fingerprint density at radius 1 is 1.28 bits per heavy atom. The van der Waals surface area contributed by atoms with E-state index in [4.69, 9.17) is 0 Å². The fourth-order valence-electron chi connectivity index (χ4n) is 2.87. The number of hydrogen-bond donors (Lipinski definition) is 1. The number of aromatic nitrogens is 1.